The predicted octanol–water partition coefficient (Wildman–Crippen LogP) is 2.73. The second kappa shape index (κ2) is 3.46. The number of halogens is 1. The molecule has 1 atom stereocenters. The Labute approximate surface area is 66.3 Å². The van der Waals surface area contributed by atoms with Gasteiger partial charge in [0.05, 0.1) is 0 Å². The highest BCUT2D eigenvalue weighted by Gasteiger charge is 2.03. The molecule has 1 nitrogen and oxygen atoms in total. The van der Waals surface area contributed by atoms with E-state index in [-0.39, 0.29) is 5.82 Å². The Hall–Kier alpha value is -0.920. The van der Waals surface area contributed by atoms with Crippen LogP contribution in [-0.4, -0.2) is 4.98 Å². The summed E-state index contributed by atoms with van der Waals surface area (Å²) in [4.78, 5) is 4.07. The Bertz CT molecular complexity index is 235. The van der Waals surface area contributed by atoms with Crippen molar-refractivity contribution in [1.29, 1.82) is 0 Å². The minimum Gasteiger partial charge on any atom is -0.261 e. The van der Waals surface area contributed by atoms with Gasteiger partial charge in [0, 0.05) is 11.9 Å². The van der Waals surface area contributed by atoms with E-state index in [0.717, 1.165) is 12.1 Å². The average molecular weight is 153 g/mol. The van der Waals surface area contributed by atoms with Gasteiger partial charge in [0.25, 0.3) is 0 Å². The van der Waals surface area contributed by atoms with Gasteiger partial charge in [-0.3, -0.25) is 4.98 Å². The minimum atomic E-state index is -0.199. The highest BCUT2D eigenvalue weighted by atomic mass is 19.1. The number of hydrogen-bond acceptors (Lipinski definition) is 1. The summed E-state index contributed by atoms with van der Waals surface area (Å²) in [5, 5.41) is 0. The molecule has 0 saturated carbocycles. The quantitative estimate of drug-likeness (QED) is 0.636. The third-order valence-corrected chi connectivity index (χ3v) is 1.86. The molecule has 1 aromatic heterocycles. The summed E-state index contributed by atoms with van der Waals surface area (Å²) in [7, 11) is 0. The van der Waals surface area contributed by atoms with Crippen LogP contribution in [0.25, 0.3) is 0 Å². The van der Waals surface area contributed by atoms with Gasteiger partial charge in [-0.15, -0.1) is 0 Å². The highest BCUT2D eigenvalue weighted by molar-refractivity contribution is 5.09. The van der Waals surface area contributed by atoms with Crippen molar-refractivity contribution in [2.45, 2.75) is 26.2 Å². The summed E-state index contributed by atoms with van der Waals surface area (Å²) < 4.78 is 12.6. The Kier molecular flexibility index (Phi) is 2.58. The van der Waals surface area contributed by atoms with E-state index >= 15 is 0 Å². The second-order valence-corrected chi connectivity index (χ2v) is 2.71. The van der Waals surface area contributed by atoms with Crippen LogP contribution in [0.5, 0.6) is 0 Å². The third kappa shape index (κ3) is 2.00. The molecule has 2 heteroatoms. The predicted molar refractivity (Wildman–Crippen MR) is 42.9 cm³/mol. The van der Waals surface area contributed by atoms with Crippen molar-refractivity contribution in [1.82, 2.24) is 4.98 Å². The van der Waals surface area contributed by atoms with Crippen molar-refractivity contribution < 1.29 is 4.39 Å². The molecule has 60 valence electrons. The Balaban J connectivity index is 2.86. The monoisotopic (exact) mass is 153 g/mol. The Morgan fingerprint density at radius 3 is 2.91 bits per heavy atom. The molecule has 0 radical (unpaired) electrons. The standard InChI is InChI=1S/C9H12FN/c1-3-7(2)9-6-8(10)4-5-11-9/h4-7H,3H2,1-2H3. The average Bonchev–Trinajstić information content (AvgIpc) is 2.03. The molecule has 0 aliphatic heterocycles. The van der Waals surface area contributed by atoms with Crippen LogP contribution in [0.2, 0.25) is 0 Å². The maximum absolute atomic E-state index is 12.6. The van der Waals surface area contributed by atoms with E-state index in [1.807, 2.05) is 6.92 Å². The molecule has 0 aliphatic carbocycles. The molecule has 1 heterocycles. The topological polar surface area (TPSA) is 12.9 Å². The molecule has 11 heavy (non-hydrogen) atoms. The summed E-state index contributed by atoms with van der Waals surface area (Å²) in [6.07, 6.45) is 2.51. The van der Waals surface area contributed by atoms with Gasteiger partial charge in [-0.05, 0) is 24.5 Å². The molecule has 0 saturated heterocycles. The lowest BCUT2D eigenvalue weighted by molar-refractivity contribution is 0.612. The number of aromatic nitrogens is 1. The number of nitrogens with zero attached hydrogens (tertiary/aromatic N) is 1. The van der Waals surface area contributed by atoms with Crippen molar-refractivity contribution in [3.63, 3.8) is 0 Å². The SMILES string of the molecule is CCC(C)c1cc(F)ccn1. The molecule has 1 unspecified atom stereocenters. The summed E-state index contributed by atoms with van der Waals surface area (Å²) >= 11 is 0. The lowest BCUT2D eigenvalue weighted by Gasteiger charge is -2.06. The Morgan fingerprint density at radius 1 is 1.64 bits per heavy atom. The smallest absolute Gasteiger partial charge is 0.126 e. The zero-order valence-corrected chi connectivity index (χ0v) is 6.84. The van der Waals surface area contributed by atoms with Crippen molar-refractivity contribution in [3.05, 3.63) is 29.8 Å². The lowest BCUT2D eigenvalue weighted by Crippen LogP contribution is -1.95. The maximum atomic E-state index is 12.6. The van der Waals surface area contributed by atoms with Crippen LogP contribution in [0.15, 0.2) is 18.3 Å². The van der Waals surface area contributed by atoms with Gasteiger partial charge in [0.2, 0.25) is 0 Å². The van der Waals surface area contributed by atoms with E-state index < -0.39 is 0 Å². The van der Waals surface area contributed by atoms with Crippen molar-refractivity contribution >= 4 is 0 Å². The van der Waals surface area contributed by atoms with Crippen molar-refractivity contribution in [2.24, 2.45) is 0 Å². The van der Waals surface area contributed by atoms with Crippen molar-refractivity contribution in [2.75, 3.05) is 0 Å². The van der Waals surface area contributed by atoms with E-state index in [9.17, 15) is 4.39 Å². The molecular formula is C9H12FN. The summed E-state index contributed by atoms with van der Waals surface area (Å²) in [6.45, 7) is 4.11. The van der Waals surface area contributed by atoms with E-state index in [2.05, 4.69) is 11.9 Å². The summed E-state index contributed by atoms with van der Waals surface area (Å²) in [5.74, 6) is 0.154. The van der Waals surface area contributed by atoms with Crippen LogP contribution in [0, 0.1) is 5.82 Å². The highest BCUT2D eigenvalue weighted by Crippen LogP contribution is 2.15. The molecule has 0 bridgehead atoms. The molecular weight excluding hydrogens is 141 g/mol. The van der Waals surface area contributed by atoms with Gasteiger partial charge in [0.15, 0.2) is 0 Å². The van der Waals surface area contributed by atoms with Gasteiger partial charge in [-0.25, -0.2) is 4.39 Å². The fourth-order valence-corrected chi connectivity index (χ4v) is 0.900. The fourth-order valence-electron chi connectivity index (χ4n) is 0.900. The van der Waals surface area contributed by atoms with E-state index in [0.29, 0.717) is 5.92 Å². The first-order valence-electron chi connectivity index (χ1n) is 3.85. The van der Waals surface area contributed by atoms with Gasteiger partial charge < -0.3 is 0 Å². The number of hydrogen-bond donors (Lipinski definition) is 0. The first-order valence-corrected chi connectivity index (χ1v) is 3.85. The van der Waals surface area contributed by atoms with Crippen LogP contribution in [-0.2, 0) is 0 Å². The van der Waals surface area contributed by atoms with Crippen LogP contribution in [0.3, 0.4) is 0 Å². The van der Waals surface area contributed by atoms with Gasteiger partial charge >= 0.3 is 0 Å². The molecule has 0 N–H and O–H groups in total. The van der Waals surface area contributed by atoms with Crippen LogP contribution < -0.4 is 0 Å². The number of pyridine rings is 1. The summed E-state index contributed by atoms with van der Waals surface area (Å²) in [6, 6.07) is 2.86. The van der Waals surface area contributed by atoms with Crippen molar-refractivity contribution in [3.8, 4) is 0 Å². The lowest BCUT2D eigenvalue weighted by atomic mass is 10.0. The molecule has 0 fully saturated rings. The van der Waals surface area contributed by atoms with Gasteiger partial charge in [-0.2, -0.15) is 0 Å². The van der Waals surface area contributed by atoms with Gasteiger partial charge in [-0.1, -0.05) is 13.8 Å². The van der Waals surface area contributed by atoms with Crippen LogP contribution in [0.1, 0.15) is 31.9 Å². The Morgan fingerprint density at radius 2 is 2.36 bits per heavy atom. The summed E-state index contributed by atoms with van der Waals surface area (Å²) in [5.41, 5.74) is 0.840. The molecule has 0 aliphatic rings. The third-order valence-electron chi connectivity index (χ3n) is 1.86. The molecule has 0 amide bonds. The van der Waals surface area contributed by atoms with E-state index in [4.69, 9.17) is 0 Å². The van der Waals surface area contributed by atoms with Crippen LogP contribution in [0.4, 0.5) is 4.39 Å². The molecule has 1 aromatic rings. The van der Waals surface area contributed by atoms with Gasteiger partial charge in [0.1, 0.15) is 5.82 Å². The first kappa shape index (κ1) is 8.18. The first-order chi connectivity index (χ1) is 5.24. The largest absolute Gasteiger partial charge is 0.261 e. The number of rotatable bonds is 2. The van der Waals surface area contributed by atoms with E-state index in [1.54, 1.807) is 0 Å². The zero-order chi connectivity index (χ0) is 8.27. The van der Waals surface area contributed by atoms with Crippen LogP contribution >= 0.6 is 0 Å². The molecule has 0 aromatic carbocycles. The zero-order valence-electron chi connectivity index (χ0n) is 6.84. The maximum Gasteiger partial charge on any atom is 0.126 e. The minimum absolute atomic E-state index is 0.199. The van der Waals surface area contributed by atoms with E-state index in [1.165, 1.54) is 18.3 Å². The normalized spacial score (nSPS) is 13.0. The fraction of sp³-hybridized carbons (Fsp3) is 0.444. The molecule has 0 spiro atoms. The molecule has 1 rings (SSSR count). The second-order valence-electron chi connectivity index (χ2n) is 2.71.